The summed E-state index contributed by atoms with van der Waals surface area (Å²) in [6.07, 6.45) is 0. The van der Waals surface area contributed by atoms with Crippen molar-refractivity contribution in [3.8, 4) is 0 Å². The Morgan fingerprint density at radius 3 is 2.70 bits per heavy atom. The molecule has 0 radical (unpaired) electrons. The Hall–Kier alpha value is -2.56. The first-order valence-corrected chi connectivity index (χ1v) is 6.48. The fourth-order valence-electron chi connectivity index (χ4n) is 2.17. The average Bonchev–Trinajstić information content (AvgIpc) is 2.85. The number of nitrogens with one attached hydrogen (secondary N) is 1. The number of hydrogen-bond acceptors (Lipinski definition) is 5. The molecule has 0 bridgehead atoms. The van der Waals surface area contributed by atoms with E-state index in [1.165, 1.54) is 0 Å². The highest BCUT2D eigenvalue weighted by atomic mass is 16.3. The Kier molecular flexibility index (Phi) is 3.02. The Balaban J connectivity index is 1.98. The van der Waals surface area contributed by atoms with Crippen LogP contribution in [-0.4, -0.2) is 9.97 Å². The number of aromatic nitrogens is 2. The van der Waals surface area contributed by atoms with Gasteiger partial charge in [0, 0.05) is 5.39 Å². The van der Waals surface area contributed by atoms with Crippen LogP contribution in [0.1, 0.15) is 24.5 Å². The highest BCUT2D eigenvalue weighted by molar-refractivity contribution is 5.89. The number of rotatable bonds is 3. The zero-order valence-corrected chi connectivity index (χ0v) is 11.4. The van der Waals surface area contributed by atoms with Crippen molar-refractivity contribution in [3.63, 3.8) is 0 Å². The van der Waals surface area contributed by atoms with Gasteiger partial charge < -0.3 is 15.5 Å². The largest absolute Gasteiger partial charge is 0.464 e. The summed E-state index contributed by atoms with van der Waals surface area (Å²) in [5, 5.41) is 4.27. The molecule has 0 saturated carbocycles. The van der Waals surface area contributed by atoms with Crippen LogP contribution in [0.2, 0.25) is 0 Å². The van der Waals surface area contributed by atoms with Crippen molar-refractivity contribution in [1.82, 2.24) is 9.97 Å². The molecule has 3 aromatic rings. The minimum absolute atomic E-state index is 0.00130. The summed E-state index contributed by atoms with van der Waals surface area (Å²) in [7, 11) is 0. The summed E-state index contributed by atoms with van der Waals surface area (Å²) in [5.41, 5.74) is 6.58. The maximum atomic E-state index is 5.76. The predicted molar refractivity (Wildman–Crippen MR) is 79.4 cm³/mol. The van der Waals surface area contributed by atoms with Gasteiger partial charge in [-0.2, -0.15) is 4.98 Å². The minimum atomic E-state index is 0.00130. The summed E-state index contributed by atoms with van der Waals surface area (Å²) in [6, 6.07) is 11.7. The van der Waals surface area contributed by atoms with Crippen molar-refractivity contribution < 1.29 is 4.42 Å². The monoisotopic (exact) mass is 268 g/mol. The molecule has 2 heterocycles. The van der Waals surface area contributed by atoms with Gasteiger partial charge in [0.1, 0.15) is 17.3 Å². The molecule has 20 heavy (non-hydrogen) atoms. The number of nitrogens with two attached hydrogens (primary N) is 1. The third kappa shape index (κ3) is 2.30. The molecule has 0 aliphatic heterocycles. The van der Waals surface area contributed by atoms with Crippen LogP contribution in [-0.2, 0) is 0 Å². The number of benzene rings is 1. The molecule has 3 rings (SSSR count). The van der Waals surface area contributed by atoms with Crippen LogP contribution in [0.3, 0.4) is 0 Å². The molecule has 3 N–H and O–H groups in total. The van der Waals surface area contributed by atoms with Crippen LogP contribution >= 0.6 is 0 Å². The van der Waals surface area contributed by atoms with Crippen LogP contribution < -0.4 is 11.1 Å². The summed E-state index contributed by atoms with van der Waals surface area (Å²) < 4.78 is 5.62. The van der Waals surface area contributed by atoms with E-state index >= 15 is 0 Å². The Labute approximate surface area is 116 Å². The standard InChI is InChI=1S/C15H16N4O/c1-9-7-8-13(20-9)10(2)17-14-11-5-3-4-6-12(11)18-15(16)19-14/h3-8,10H,1-2H3,(H3,16,17,18,19). The highest BCUT2D eigenvalue weighted by Gasteiger charge is 2.13. The molecular weight excluding hydrogens is 252 g/mol. The molecule has 5 heteroatoms. The number of furan rings is 1. The zero-order chi connectivity index (χ0) is 14.1. The molecule has 0 spiro atoms. The van der Waals surface area contributed by atoms with E-state index in [0.717, 1.165) is 28.2 Å². The lowest BCUT2D eigenvalue weighted by atomic mass is 10.2. The van der Waals surface area contributed by atoms with E-state index in [1.54, 1.807) is 0 Å². The fraction of sp³-hybridized carbons (Fsp3) is 0.200. The second-order valence-electron chi connectivity index (χ2n) is 4.76. The lowest BCUT2D eigenvalue weighted by Gasteiger charge is -2.14. The summed E-state index contributed by atoms with van der Waals surface area (Å²) in [5.74, 6) is 2.73. The van der Waals surface area contributed by atoms with E-state index in [9.17, 15) is 0 Å². The van der Waals surface area contributed by atoms with Gasteiger partial charge in [-0.25, -0.2) is 4.98 Å². The van der Waals surface area contributed by atoms with Crippen molar-refractivity contribution in [1.29, 1.82) is 0 Å². The van der Waals surface area contributed by atoms with Crippen LogP contribution in [0.25, 0.3) is 10.9 Å². The second kappa shape index (κ2) is 4.85. The van der Waals surface area contributed by atoms with Crippen LogP contribution in [0.15, 0.2) is 40.8 Å². The number of para-hydroxylation sites is 1. The quantitative estimate of drug-likeness (QED) is 0.762. The molecule has 5 nitrogen and oxygen atoms in total. The van der Waals surface area contributed by atoms with Gasteiger partial charge in [0.25, 0.3) is 0 Å². The Morgan fingerprint density at radius 2 is 1.95 bits per heavy atom. The normalized spacial score (nSPS) is 12.5. The van der Waals surface area contributed by atoms with Crippen LogP contribution in [0.5, 0.6) is 0 Å². The van der Waals surface area contributed by atoms with E-state index in [1.807, 2.05) is 50.2 Å². The lowest BCUT2D eigenvalue weighted by molar-refractivity contribution is 0.466. The molecule has 1 atom stereocenters. The molecule has 0 amide bonds. The number of anilines is 2. The van der Waals surface area contributed by atoms with E-state index in [2.05, 4.69) is 15.3 Å². The fourth-order valence-corrected chi connectivity index (χ4v) is 2.17. The zero-order valence-electron chi connectivity index (χ0n) is 11.4. The van der Waals surface area contributed by atoms with Crippen molar-refractivity contribution >= 4 is 22.7 Å². The average molecular weight is 268 g/mol. The number of fused-ring (bicyclic) bond motifs is 1. The molecular formula is C15H16N4O. The van der Waals surface area contributed by atoms with Crippen molar-refractivity contribution in [2.75, 3.05) is 11.1 Å². The maximum Gasteiger partial charge on any atom is 0.222 e. The third-order valence-corrected chi connectivity index (χ3v) is 3.16. The van der Waals surface area contributed by atoms with Gasteiger partial charge >= 0.3 is 0 Å². The molecule has 102 valence electrons. The first kappa shape index (κ1) is 12.5. The molecule has 0 fully saturated rings. The predicted octanol–water partition coefficient (Wildman–Crippen LogP) is 3.29. The summed E-state index contributed by atoms with van der Waals surface area (Å²) in [6.45, 7) is 3.94. The van der Waals surface area contributed by atoms with E-state index in [-0.39, 0.29) is 12.0 Å². The molecule has 0 saturated heterocycles. The SMILES string of the molecule is Cc1ccc(C(C)Nc2nc(N)nc3ccccc23)o1. The number of hydrogen-bond donors (Lipinski definition) is 2. The molecule has 1 unspecified atom stereocenters. The minimum Gasteiger partial charge on any atom is -0.464 e. The third-order valence-electron chi connectivity index (χ3n) is 3.16. The Bertz CT molecular complexity index is 750. The van der Waals surface area contributed by atoms with Crippen LogP contribution in [0, 0.1) is 6.92 Å². The smallest absolute Gasteiger partial charge is 0.222 e. The van der Waals surface area contributed by atoms with Crippen molar-refractivity contribution in [2.45, 2.75) is 19.9 Å². The highest BCUT2D eigenvalue weighted by Crippen LogP contribution is 2.25. The van der Waals surface area contributed by atoms with E-state index in [0.29, 0.717) is 0 Å². The van der Waals surface area contributed by atoms with Crippen molar-refractivity contribution in [2.24, 2.45) is 0 Å². The first-order valence-electron chi connectivity index (χ1n) is 6.48. The number of nitrogen functional groups attached to an aromatic ring is 1. The van der Waals surface area contributed by atoms with Gasteiger partial charge in [0.15, 0.2) is 0 Å². The van der Waals surface area contributed by atoms with Gasteiger partial charge in [-0.15, -0.1) is 0 Å². The van der Waals surface area contributed by atoms with E-state index < -0.39 is 0 Å². The van der Waals surface area contributed by atoms with E-state index in [4.69, 9.17) is 10.2 Å². The van der Waals surface area contributed by atoms with Gasteiger partial charge in [-0.1, -0.05) is 12.1 Å². The van der Waals surface area contributed by atoms with Gasteiger partial charge in [0.05, 0.1) is 11.6 Å². The molecule has 0 aliphatic rings. The number of nitrogens with zero attached hydrogens (tertiary/aromatic N) is 2. The maximum absolute atomic E-state index is 5.76. The lowest BCUT2D eigenvalue weighted by Crippen LogP contribution is -2.09. The first-order chi connectivity index (χ1) is 9.63. The Morgan fingerprint density at radius 1 is 1.15 bits per heavy atom. The summed E-state index contributed by atoms with van der Waals surface area (Å²) in [4.78, 5) is 8.51. The van der Waals surface area contributed by atoms with Crippen LogP contribution in [0.4, 0.5) is 11.8 Å². The van der Waals surface area contributed by atoms with Gasteiger partial charge in [0.2, 0.25) is 5.95 Å². The van der Waals surface area contributed by atoms with Gasteiger partial charge in [-0.3, -0.25) is 0 Å². The van der Waals surface area contributed by atoms with Gasteiger partial charge in [-0.05, 0) is 38.1 Å². The second-order valence-corrected chi connectivity index (χ2v) is 4.76. The number of aryl methyl sites for hydroxylation is 1. The molecule has 2 aromatic heterocycles. The van der Waals surface area contributed by atoms with Crippen molar-refractivity contribution in [3.05, 3.63) is 47.9 Å². The topological polar surface area (TPSA) is 77.0 Å². The molecule has 0 aliphatic carbocycles. The summed E-state index contributed by atoms with van der Waals surface area (Å²) >= 11 is 0. The molecule has 1 aromatic carbocycles.